The number of pyridine rings is 1. The lowest BCUT2D eigenvalue weighted by Gasteiger charge is -2.29. The summed E-state index contributed by atoms with van der Waals surface area (Å²) in [5.41, 5.74) is 17.4. The van der Waals surface area contributed by atoms with E-state index in [2.05, 4.69) is 58.1 Å². The Labute approximate surface area is 229 Å². The second kappa shape index (κ2) is 9.45. The highest BCUT2D eigenvalue weighted by atomic mass is 16.5. The van der Waals surface area contributed by atoms with Crippen LogP contribution in [-0.2, 0) is 6.54 Å². The Morgan fingerprint density at radius 3 is 2.73 bits per heavy atom. The van der Waals surface area contributed by atoms with Crippen LogP contribution in [0.25, 0.3) is 44.2 Å². The number of piperidine rings is 1. The van der Waals surface area contributed by atoms with Gasteiger partial charge in [-0.25, -0.2) is 19.6 Å². The van der Waals surface area contributed by atoms with Gasteiger partial charge in [-0.1, -0.05) is 18.2 Å². The molecule has 5 heterocycles. The highest BCUT2D eigenvalue weighted by Gasteiger charge is 2.22. The number of aromatic nitrogens is 6. The van der Waals surface area contributed by atoms with Crippen LogP contribution in [0.5, 0.6) is 5.88 Å². The van der Waals surface area contributed by atoms with Gasteiger partial charge in [0, 0.05) is 24.0 Å². The van der Waals surface area contributed by atoms with E-state index in [0.717, 1.165) is 53.5 Å². The molecule has 0 aliphatic carbocycles. The van der Waals surface area contributed by atoms with Gasteiger partial charge >= 0.3 is 0 Å². The first-order valence-corrected chi connectivity index (χ1v) is 13.3. The van der Waals surface area contributed by atoms with Crippen molar-refractivity contribution < 1.29 is 9.15 Å². The van der Waals surface area contributed by atoms with Crippen molar-refractivity contribution in [3.05, 3.63) is 60.0 Å². The first kappa shape index (κ1) is 24.3. The van der Waals surface area contributed by atoms with E-state index in [4.69, 9.17) is 30.7 Å². The molecule has 2 aromatic carbocycles. The third-order valence-corrected chi connectivity index (χ3v) is 7.58. The molecule has 4 N–H and O–H groups in total. The van der Waals surface area contributed by atoms with Gasteiger partial charge in [-0.15, -0.1) is 0 Å². The summed E-state index contributed by atoms with van der Waals surface area (Å²) in [6, 6.07) is 14.0. The minimum atomic E-state index is 0.112. The predicted molar refractivity (Wildman–Crippen MR) is 154 cm³/mol. The molecule has 0 amide bonds. The number of hydrogen-bond donors (Lipinski definition) is 2. The first-order valence-electron chi connectivity index (χ1n) is 13.3. The standard InChI is InChI=1S/C29H29N9O2/c1-16-4-3-5-17-12-19(34-28(23(16)17)39-20-8-10-37(2)11-9-20)14-38-27-24(26(30)32-15-33-27)25(36-38)18-6-7-22-21(13-18)35-29(31)40-22/h3-7,12-13,15,20H,8-11,14H2,1-2H3,(H2,31,35)(H2,30,32,33). The van der Waals surface area contributed by atoms with Crippen LogP contribution >= 0.6 is 0 Å². The molecule has 1 saturated heterocycles. The van der Waals surface area contributed by atoms with E-state index in [0.29, 0.717) is 46.1 Å². The molecule has 4 aromatic heterocycles. The highest BCUT2D eigenvalue weighted by Crippen LogP contribution is 2.34. The number of nitrogen functional groups attached to an aromatic ring is 2. The van der Waals surface area contributed by atoms with Gasteiger partial charge in [-0.3, -0.25) is 0 Å². The zero-order valence-electron chi connectivity index (χ0n) is 22.3. The third-order valence-electron chi connectivity index (χ3n) is 7.58. The number of fused-ring (bicyclic) bond motifs is 3. The molecule has 7 rings (SSSR count). The van der Waals surface area contributed by atoms with E-state index in [-0.39, 0.29) is 12.1 Å². The van der Waals surface area contributed by atoms with Gasteiger partial charge in [-0.05, 0) is 62.0 Å². The Hall–Kier alpha value is -4.77. The molecule has 0 atom stereocenters. The van der Waals surface area contributed by atoms with Crippen molar-refractivity contribution >= 4 is 44.7 Å². The summed E-state index contributed by atoms with van der Waals surface area (Å²) in [7, 11) is 2.15. The van der Waals surface area contributed by atoms with E-state index < -0.39 is 0 Å². The zero-order valence-corrected chi connectivity index (χ0v) is 22.3. The van der Waals surface area contributed by atoms with E-state index in [1.54, 1.807) is 0 Å². The maximum Gasteiger partial charge on any atom is 0.292 e. The van der Waals surface area contributed by atoms with Gasteiger partial charge in [0.25, 0.3) is 6.01 Å². The molecule has 1 fully saturated rings. The van der Waals surface area contributed by atoms with Crippen molar-refractivity contribution in [2.45, 2.75) is 32.4 Å². The molecule has 11 nitrogen and oxygen atoms in total. The molecule has 40 heavy (non-hydrogen) atoms. The average molecular weight is 536 g/mol. The van der Waals surface area contributed by atoms with Gasteiger partial charge in [-0.2, -0.15) is 10.1 Å². The second-order valence-electron chi connectivity index (χ2n) is 10.4. The summed E-state index contributed by atoms with van der Waals surface area (Å²) in [6.07, 6.45) is 3.53. The van der Waals surface area contributed by atoms with E-state index >= 15 is 0 Å². The Morgan fingerprint density at radius 1 is 1.02 bits per heavy atom. The van der Waals surface area contributed by atoms with Crippen molar-refractivity contribution in [1.82, 2.24) is 34.6 Å². The molecule has 0 radical (unpaired) electrons. The minimum absolute atomic E-state index is 0.112. The monoisotopic (exact) mass is 535 g/mol. The molecule has 0 saturated carbocycles. The molecule has 1 aliphatic heterocycles. The van der Waals surface area contributed by atoms with E-state index in [1.165, 1.54) is 6.33 Å². The average Bonchev–Trinajstić information content (AvgIpc) is 3.49. The van der Waals surface area contributed by atoms with Gasteiger partial charge in [0.2, 0.25) is 5.88 Å². The molecule has 0 bridgehead atoms. The summed E-state index contributed by atoms with van der Waals surface area (Å²) in [4.78, 5) is 20.4. The Balaban J connectivity index is 1.31. The van der Waals surface area contributed by atoms with Crippen LogP contribution in [-0.4, -0.2) is 60.9 Å². The molecular formula is C29H29N9O2. The van der Waals surface area contributed by atoms with Crippen LogP contribution < -0.4 is 16.2 Å². The quantitative estimate of drug-likeness (QED) is 0.329. The number of ether oxygens (including phenoxy) is 1. The van der Waals surface area contributed by atoms with Gasteiger partial charge in [0.1, 0.15) is 29.5 Å². The largest absolute Gasteiger partial charge is 0.474 e. The fourth-order valence-electron chi connectivity index (χ4n) is 5.52. The number of nitrogens with two attached hydrogens (primary N) is 2. The van der Waals surface area contributed by atoms with Crippen molar-refractivity contribution in [3.8, 4) is 17.1 Å². The van der Waals surface area contributed by atoms with Crippen LogP contribution in [0.3, 0.4) is 0 Å². The van der Waals surface area contributed by atoms with Crippen LogP contribution in [0.15, 0.2) is 53.2 Å². The molecule has 0 unspecified atom stereocenters. The van der Waals surface area contributed by atoms with Gasteiger partial charge in [0.15, 0.2) is 11.2 Å². The van der Waals surface area contributed by atoms with Crippen LogP contribution in [0, 0.1) is 6.92 Å². The minimum Gasteiger partial charge on any atom is -0.474 e. The number of benzene rings is 2. The maximum absolute atomic E-state index is 6.56. The van der Waals surface area contributed by atoms with Crippen LogP contribution in [0.4, 0.5) is 11.8 Å². The predicted octanol–water partition coefficient (Wildman–Crippen LogP) is 4.18. The number of rotatable bonds is 5. The number of aryl methyl sites for hydroxylation is 1. The molecule has 202 valence electrons. The second-order valence-corrected chi connectivity index (χ2v) is 10.4. The van der Waals surface area contributed by atoms with Crippen LogP contribution in [0.1, 0.15) is 24.1 Å². The molecular weight excluding hydrogens is 506 g/mol. The third kappa shape index (κ3) is 4.24. The Bertz CT molecular complexity index is 1890. The highest BCUT2D eigenvalue weighted by molar-refractivity contribution is 5.99. The normalized spacial score (nSPS) is 14.9. The molecule has 1 aliphatic rings. The van der Waals surface area contributed by atoms with Crippen LogP contribution in [0.2, 0.25) is 0 Å². The van der Waals surface area contributed by atoms with Gasteiger partial charge in [0.05, 0.1) is 17.6 Å². The lowest BCUT2D eigenvalue weighted by atomic mass is 10.1. The summed E-state index contributed by atoms with van der Waals surface area (Å²) in [5, 5.41) is 7.72. The lowest BCUT2D eigenvalue weighted by Crippen LogP contribution is -2.35. The molecule has 11 heteroatoms. The Morgan fingerprint density at radius 2 is 1.88 bits per heavy atom. The molecule has 6 aromatic rings. The number of hydrogen-bond acceptors (Lipinski definition) is 10. The fraction of sp³-hybridized carbons (Fsp3) is 0.276. The zero-order chi connectivity index (χ0) is 27.4. The number of oxazole rings is 1. The molecule has 0 spiro atoms. The Kier molecular flexibility index (Phi) is 5.74. The SMILES string of the molecule is Cc1cccc2cc(Cn3nc(-c4ccc5oc(N)nc5c4)c4c(N)ncnc43)nc(OC3CCN(C)CC3)c12. The number of anilines is 2. The number of likely N-dealkylation sites (tertiary alicyclic amines) is 1. The maximum atomic E-state index is 6.56. The fourth-order valence-corrected chi connectivity index (χ4v) is 5.52. The summed E-state index contributed by atoms with van der Waals surface area (Å²) in [5.74, 6) is 1.01. The summed E-state index contributed by atoms with van der Waals surface area (Å²) < 4.78 is 13.8. The van der Waals surface area contributed by atoms with Crippen molar-refractivity contribution in [2.24, 2.45) is 0 Å². The lowest BCUT2D eigenvalue weighted by molar-refractivity contribution is 0.111. The smallest absolute Gasteiger partial charge is 0.292 e. The summed E-state index contributed by atoms with van der Waals surface area (Å²) in [6.45, 7) is 4.49. The van der Waals surface area contributed by atoms with Crippen molar-refractivity contribution in [3.63, 3.8) is 0 Å². The van der Waals surface area contributed by atoms with Gasteiger partial charge < -0.3 is 25.5 Å². The summed E-state index contributed by atoms with van der Waals surface area (Å²) >= 11 is 0. The van der Waals surface area contributed by atoms with Crippen molar-refractivity contribution in [1.29, 1.82) is 0 Å². The number of nitrogens with zero attached hydrogens (tertiary/aromatic N) is 7. The topological polar surface area (TPSA) is 147 Å². The van der Waals surface area contributed by atoms with E-state index in [9.17, 15) is 0 Å². The first-order chi connectivity index (χ1) is 19.4. The van der Waals surface area contributed by atoms with Crippen molar-refractivity contribution in [2.75, 3.05) is 31.6 Å². The van der Waals surface area contributed by atoms with E-state index in [1.807, 2.05) is 22.9 Å².